The fraction of sp³-hybridized carbons (Fsp3) is 0.125. The summed E-state index contributed by atoms with van der Waals surface area (Å²) in [5, 5.41) is 2.83. The first-order chi connectivity index (χ1) is 10.0. The first-order valence-corrected chi connectivity index (χ1v) is 7.07. The highest BCUT2D eigenvalue weighted by atomic mass is 79.9. The molecule has 0 aliphatic heterocycles. The van der Waals surface area contributed by atoms with Gasteiger partial charge in [-0.3, -0.25) is 4.79 Å². The van der Waals surface area contributed by atoms with Crippen molar-refractivity contribution in [1.29, 1.82) is 0 Å². The van der Waals surface area contributed by atoms with E-state index in [4.69, 9.17) is 0 Å². The third kappa shape index (κ3) is 3.49. The Bertz CT molecular complexity index is 698. The summed E-state index contributed by atoms with van der Waals surface area (Å²) < 4.78 is 5.39. The van der Waals surface area contributed by atoms with E-state index in [2.05, 4.69) is 26.0 Å². The molecule has 0 fully saturated rings. The Hall–Kier alpha value is -2.14. The van der Waals surface area contributed by atoms with Crippen molar-refractivity contribution in [2.75, 3.05) is 12.4 Å². The molecule has 1 N–H and O–H groups in total. The molecule has 2 aromatic rings. The van der Waals surface area contributed by atoms with Gasteiger partial charge in [-0.2, -0.15) is 0 Å². The van der Waals surface area contributed by atoms with Crippen LogP contribution in [0.5, 0.6) is 0 Å². The van der Waals surface area contributed by atoms with Crippen molar-refractivity contribution in [3.8, 4) is 0 Å². The van der Waals surface area contributed by atoms with Crippen LogP contribution in [0.1, 0.15) is 26.3 Å². The van der Waals surface area contributed by atoms with Gasteiger partial charge in [0.05, 0.1) is 18.2 Å². The van der Waals surface area contributed by atoms with Crippen LogP contribution in [-0.4, -0.2) is 19.0 Å². The molecule has 1 amide bonds. The zero-order valence-electron chi connectivity index (χ0n) is 11.6. The first kappa shape index (κ1) is 15.3. The number of aryl methyl sites for hydroxylation is 1. The van der Waals surface area contributed by atoms with Crippen LogP contribution in [-0.2, 0) is 4.74 Å². The van der Waals surface area contributed by atoms with Gasteiger partial charge in [-0.15, -0.1) is 0 Å². The molecule has 0 bridgehead atoms. The van der Waals surface area contributed by atoms with Crippen molar-refractivity contribution in [2.45, 2.75) is 6.92 Å². The number of amides is 1. The Morgan fingerprint density at radius 2 is 1.86 bits per heavy atom. The van der Waals surface area contributed by atoms with Gasteiger partial charge in [-0.1, -0.05) is 12.1 Å². The minimum Gasteiger partial charge on any atom is -0.465 e. The average molecular weight is 348 g/mol. The van der Waals surface area contributed by atoms with Crippen LogP contribution in [0.15, 0.2) is 46.9 Å². The minimum absolute atomic E-state index is 0.212. The van der Waals surface area contributed by atoms with E-state index in [9.17, 15) is 9.59 Å². The normalized spacial score (nSPS) is 10.0. The molecule has 0 atom stereocenters. The molecule has 0 saturated carbocycles. The number of methoxy groups -OCH3 is 1. The summed E-state index contributed by atoms with van der Waals surface area (Å²) >= 11 is 3.35. The van der Waals surface area contributed by atoms with Crippen molar-refractivity contribution in [3.63, 3.8) is 0 Å². The van der Waals surface area contributed by atoms with Crippen LogP contribution in [0.4, 0.5) is 5.69 Å². The minimum atomic E-state index is -0.401. The van der Waals surface area contributed by atoms with Gasteiger partial charge in [0, 0.05) is 10.2 Å². The summed E-state index contributed by atoms with van der Waals surface area (Å²) in [6, 6.07) is 12.2. The SMILES string of the molecule is COC(=O)c1ccc(NC(=O)c2ccccc2Br)c(C)c1. The topological polar surface area (TPSA) is 55.4 Å². The van der Waals surface area contributed by atoms with Gasteiger partial charge < -0.3 is 10.1 Å². The van der Waals surface area contributed by atoms with E-state index in [0.717, 1.165) is 10.0 Å². The molecular formula is C16H14BrNO3. The third-order valence-corrected chi connectivity index (χ3v) is 3.71. The maximum Gasteiger partial charge on any atom is 0.337 e. The molecule has 0 spiro atoms. The van der Waals surface area contributed by atoms with E-state index in [1.807, 2.05) is 19.1 Å². The Morgan fingerprint density at radius 1 is 1.14 bits per heavy atom. The van der Waals surface area contributed by atoms with Crippen molar-refractivity contribution < 1.29 is 14.3 Å². The molecule has 21 heavy (non-hydrogen) atoms. The number of carbonyl (C=O) groups is 2. The van der Waals surface area contributed by atoms with Gasteiger partial charge in [-0.05, 0) is 58.7 Å². The first-order valence-electron chi connectivity index (χ1n) is 6.27. The van der Waals surface area contributed by atoms with Crippen molar-refractivity contribution in [2.24, 2.45) is 0 Å². The number of rotatable bonds is 3. The molecule has 0 heterocycles. The zero-order chi connectivity index (χ0) is 15.4. The molecule has 5 heteroatoms. The maximum absolute atomic E-state index is 12.2. The lowest BCUT2D eigenvalue weighted by Gasteiger charge is -2.10. The average Bonchev–Trinajstić information content (AvgIpc) is 2.48. The molecule has 108 valence electrons. The molecular weight excluding hydrogens is 334 g/mol. The summed E-state index contributed by atoms with van der Waals surface area (Å²) in [5.74, 6) is -0.613. The predicted octanol–water partition coefficient (Wildman–Crippen LogP) is 3.80. The lowest BCUT2D eigenvalue weighted by atomic mass is 10.1. The van der Waals surface area contributed by atoms with Crippen molar-refractivity contribution in [1.82, 2.24) is 0 Å². The fourth-order valence-electron chi connectivity index (χ4n) is 1.88. The van der Waals surface area contributed by atoms with Gasteiger partial charge in [0.15, 0.2) is 0 Å². The van der Waals surface area contributed by atoms with Gasteiger partial charge in [0.1, 0.15) is 0 Å². The van der Waals surface area contributed by atoms with Crippen LogP contribution in [0.2, 0.25) is 0 Å². The van der Waals surface area contributed by atoms with Gasteiger partial charge in [0.2, 0.25) is 0 Å². The molecule has 0 aromatic heterocycles. The molecule has 0 saturated heterocycles. The molecule has 2 rings (SSSR count). The highest BCUT2D eigenvalue weighted by Crippen LogP contribution is 2.21. The molecule has 4 nitrogen and oxygen atoms in total. The van der Waals surface area contributed by atoms with E-state index in [0.29, 0.717) is 16.8 Å². The fourth-order valence-corrected chi connectivity index (χ4v) is 2.35. The molecule has 0 unspecified atom stereocenters. The van der Waals surface area contributed by atoms with Crippen LogP contribution in [0.3, 0.4) is 0 Å². The highest BCUT2D eigenvalue weighted by Gasteiger charge is 2.12. The number of halogens is 1. The number of carbonyl (C=O) groups excluding carboxylic acids is 2. The zero-order valence-corrected chi connectivity index (χ0v) is 13.2. The number of esters is 1. The second kappa shape index (κ2) is 6.54. The summed E-state index contributed by atoms with van der Waals surface area (Å²) in [7, 11) is 1.33. The number of nitrogens with one attached hydrogen (secondary N) is 1. The van der Waals surface area contributed by atoms with Crippen LogP contribution in [0.25, 0.3) is 0 Å². The summed E-state index contributed by atoms with van der Waals surface area (Å²) in [4.78, 5) is 23.7. The Kier molecular flexibility index (Phi) is 4.75. The third-order valence-electron chi connectivity index (χ3n) is 3.01. The summed E-state index contributed by atoms with van der Waals surface area (Å²) in [5.41, 5.74) is 2.45. The molecule has 0 radical (unpaired) electrons. The van der Waals surface area contributed by atoms with Gasteiger partial charge >= 0.3 is 5.97 Å². The van der Waals surface area contributed by atoms with E-state index in [-0.39, 0.29) is 5.91 Å². The number of benzene rings is 2. The van der Waals surface area contributed by atoms with E-state index >= 15 is 0 Å². The second-order valence-electron chi connectivity index (χ2n) is 4.46. The monoisotopic (exact) mass is 347 g/mol. The summed E-state index contributed by atoms with van der Waals surface area (Å²) in [6.07, 6.45) is 0. The number of anilines is 1. The van der Waals surface area contributed by atoms with Crippen molar-refractivity contribution in [3.05, 3.63) is 63.6 Å². The van der Waals surface area contributed by atoms with E-state index in [1.165, 1.54) is 7.11 Å². The van der Waals surface area contributed by atoms with Crippen LogP contribution in [0, 0.1) is 6.92 Å². The standard InChI is InChI=1S/C16H14BrNO3/c1-10-9-11(16(20)21-2)7-8-14(10)18-15(19)12-5-3-4-6-13(12)17/h3-9H,1-2H3,(H,18,19). The number of ether oxygens (including phenoxy) is 1. The predicted molar refractivity (Wildman–Crippen MR) is 84.6 cm³/mol. The van der Waals surface area contributed by atoms with Crippen LogP contribution >= 0.6 is 15.9 Å². The summed E-state index contributed by atoms with van der Waals surface area (Å²) in [6.45, 7) is 1.82. The largest absolute Gasteiger partial charge is 0.465 e. The Balaban J connectivity index is 2.22. The van der Waals surface area contributed by atoms with Crippen molar-refractivity contribution >= 4 is 33.5 Å². The smallest absolute Gasteiger partial charge is 0.337 e. The lowest BCUT2D eigenvalue weighted by Crippen LogP contribution is -2.13. The number of hydrogen-bond acceptors (Lipinski definition) is 3. The molecule has 2 aromatic carbocycles. The molecule has 0 aliphatic rings. The Morgan fingerprint density at radius 3 is 2.48 bits per heavy atom. The van der Waals surface area contributed by atoms with E-state index < -0.39 is 5.97 Å². The lowest BCUT2D eigenvalue weighted by molar-refractivity contribution is 0.0600. The van der Waals surface area contributed by atoms with Gasteiger partial charge in [0.25, 0.3) is 5.91 Å². The maximum atomic E-state index is 12.2. The van der Waals surface area contributed by atoms with E-state index in [1.54, 1.807) is 30.3 Å². The molecule has 0 aliphatic carbocycles. The van der Waals surface area contributed by atoms with Crippen LogP contribution < -0.4 is 5.32 Å². The number of hydrogen-bond donors (Lipinski definition) is 1. The second-order valence-corrected chi connectivity index (χ2v) is 5.31. The quantitative estimate of drug-likeness (QED) is 0.859. The Labute approximate surface area is 131 Å². The highest BCUT2D eigenvalue weighted by molar-refractivity contribution is 9.10. The van der Waals surface area contributed by atoms with Gasteiger partial charge in [-0.25, -0.2) is 4.79 Å².